The smallest absolute Gasteiger partial charge is 0.311 e. The van der Waals surface area contributed by atoms with Gasteiger partial charge in [0.2, 0.25) is 5.91 Å². The third-order valence-corrected chi connectivity index (χ3v) is 3.16. The summed E-state index contributed by atoms with van der Waals surface area (Å²) in [6, 6.07) is -0.526. The number of hydrogen-bond donors (Lipinski definition) is 2. The molecule has 0 fully saturated rings. The number of nitrogens with two attached hydrogens (primary N) is 1. The summed E-state index contributed by atoms with van der Waals surface area (Å²) in [4.78, 5) is 27.1. The van der Waals surface area contributed by atoms with Crippen molar-refractivity contribution >= 4 is 28.3 Å². The highest BCUT2D eigenvalue weighted by molar-refractivity contribution is 7.13. The molecule has 1 aromatic heterocycles. The average molecular weight is 285 g/mol. The average Bonchev–Trinajstić information content (AvgIpc) is 2.77. The van der Waals surface area contributed by atoms with Crippen molar-refractivity contribution < 1.29 is 14.3 Å². The molecule has 0 bridgehead atoms. The van der Waals surface area contributed by atoms with Gasteiger partial charge in [0.05, 0.1) is 24.8 Å². The summed E-state index contributed by atoms with van der Waals surface area (Å²) in [6.45, 7) is 4.06. The van der Waals surface area contributed by atoms with Gasteiger partial charge in [0.25, 0.3) is 0 Å². The highest BCUT2D eigenvalue weighted by atomic mass is 32.1. The van der Waals surface area contributed by atoms with E-state index in [1.807, 2.05) is 6.92 Å². The van der Waals surface area contributed by atoms with Crippen molar-refractivity contribution in [3.63, 3.8) is 0 Å². The molecule has 0 aliphatic rings. The Kier molecular flexibility index (Phi) is 6.44. The normalized spacial score (nSPS) is 11.9. The second-order valence-electron chi connectivity index (χ2n) is 4.01. The van der Waals surface area contributed by atoms with Crippen molar-refractivity contribution in [1.82, 2.24) is 4.98 Å². The predicted octanol–water partition coefficient (Wildman–Crippen LogP) is 1.31. The van der Waals surface area contributed by atoms with E-state index in [0.717, 1.165) is 6.42 Å². The van der Waals surface area contributed by atoms with Crippen LogP contribution in [0.15, 0.2) is 5.38 Å². The fourth-order valence-corrected chi connectivity index (χ4v) is 2.16. The van der Waals surface area contributed by atoms with Crippen molar-refractivity contribution in [3.05, 3.63) is 11.1 Å². The summed E-state index contributed by atoms with van der Waals surface area (Å²) >= 11 is 1.27. The molecular weight excluding hydrogens is 266 g/mol. The molecule has 1 unspecified atom stereocenters. The van der Waals surface area contributed by atoms with Gasteiger partial charge in [-0.2, -0.15) is 0 Å². The second-order valence-corrected chi connectivity index (χ2v) is 4.87. The van der Waals surface area contributed by atoms with Gasteiger partial charge in [-0.05, 0) is 13.3 Å². The number of carbonyl (C=O) groups is 2. The van der Waals surface area contributed by atoms with Crippen LogP contribution < -0.4 is 11.1 Å². The molecule has 0 saturated heterocycles. The van der Waals surface area contributed by atoms with E-state index in [4.69, 9.17) is 10.5 Å². The zero-order chi connectivity index (χ0) is 14.3. The Hall–Kier alpha value is -1.47. The molecule has 1 atom stereocenters. The minimum Gasteiger partial charge on any atom is -0.466 e. The Bertz CT molecular complexity index is 434. The van der Waals surface area contributed by atoms with Crippen LogP contribution in [-0.4, -0.2) is 29.5 Å². The molecule has 19 heavy (non-hydrogen) atoms. The van der Waals surface area contributed by atoms with E-state index >= 15 is 0 Å². The maximum atomic E-state index is 11.7. The van der Waals surface area contributed by atoms with Crippen molar-refractivity contribution in [2.24, 2.45) is 5.73 Å². The van der Waals surface area contributed by atoms with Gasteiger partial charge in [-0.3, -0.25) is 9.59 Å². The SMILES string of the molecule is CCCC(N)C(=O)Nc1nc(CC(=O)OCC)cs1. The molecule has 6 nitrogen and oxygen atoms in total. The van der Waals surface area contributed by atoms with Crippen molar-refractivity contribution in [1.29, 1.82) is 0 Å². The summed E-state index contributed by atoms with van der Waals surface area (Å²) in [5.41, 5.74) is 6.28. The summed E-state index contributed by atoms with van der Waals surface area (Å²) in [7, 11) is 0. The van der Waals surface area contributed by atoms with E-state index in [0.29, 0.717) is 23.9 Å². The van der Waals surface area contributed by atoms with Gasteiger partial charge >= 0.3 is 5.97 Å². The first-order valence-corrected chi connectivity index (χ1v) is 7.11. The van der Waals surface area contributed by atoms with E-state index in [1.165, 1.54) is 11.3 Å². The van der Waals surface area contributed by atoms with Crippen LogP contribution in [0.25, 0.3) is 0 Å². The lowest BCUT2D eigenvalue weighted by Crippen LogP contribution is -2.35. The van der Waals surface area contributed by atoms with Crippen molar-refractivity contribution in [2.45, 2.75) is 39.2 Å². The summed E-state index contributed by atoms with van der Waals surface area (Å²) in [6.07, 6.45) is 1.59. The minimum atomic E-state index is -0.526. The topological polar surface area (TPSA) is 94.3 Å². The first kappa shape index (κ1) is 15.6. The largest absolute Gasteiger partial charge is 0.466 e. The minimum absolute atomic E-state index is 0.112. The molecule has 0 spiro atoms. The molecule has 0 aliphatic heterocycles. The van der Waals surface area contributed by atoms with E-state index in [9.17, 15) is 9.59 Å². The molecule has 3 N–H and O–H groups in total. The van der Waals surface area contributed by atoms with Gasteiger partial charge in [0.15, 0.2) is 5.13 Å². The van der Waals surface area contributed by atoms with E-state index in [2.05, 4.69) is 10.3 Å². The zero-order valence-electron chi connectivity index (χ0n) is 11.1. The first-order valence-electron chi connectivity index (χ1n) is 6.23. The maximum Gasteiger partial charge on any atom is 0.311 e. The third-order valence-electron chi connectivity index (χ3n) is 2.35. The standard InChI is InChI=1S/C12H19N3O3S/c1-3-5-9(13)11(17)15-12-14-8(7-19-12)6-10(16)18-4-2/h7,9H,3-6,13H2,1-2H3,(H,14,15,17). The van der Waals surface area contributed by atoms with Gasteiger partial charge in [-0.1, -0.05) is 13.3 Å². The van der Waals surface area contributed by atoms with Gasteiger partial charge < -0.3 is 15.8 Å². The Morgan fingerprint density at radius 2 is 2.26 bits per heavy atom. The van der Waals surface area contributed by atoms with Gasteiger partial charge in [-0.15, -0.1) is 11.3 Å². The molecule has 0 aliphatic carbocycles. The van der Waals surface area contributed by atoms with Crippen LogP contribution in [0.3, 0.4) is 0 Å². The quantitative estimate of drug-likeness (QED) is 0.737. The lowest BCUT2D eigenvalue weighted by atomic mass is 10.2. The monoisotopic (exact) mass is 285 g/mol. The molecule has 106 valence electrons. The van der Waals surface area contributed by atoms with Gasteiger partial charge in [0, 0.05) is 5.38 Å². The van der Waals surface area contributed by atoms with Crippen LogP contribution in [0.1, 0.15) is 32.4 Å². The molecule has 7 heteroatoms. The second kappa shape index (κ2) is 7.85. The number of esters is 1. The summed E-state index contributed by atoms with van der Waals surface area (Å²) in [5, 5.41) is 4.82. The maximum absolute atomic E-state index is 11.7. The highest BCUT2D eigenvalue weighted by Gasteiger charge is 2.15. The Morgan fingerprint density at radius 1 is 1.53 bits per heavy atom. The first-order chi connectivity index (χ1) is 9.06. The number of anilines is 1. The van der Waals surface area contributed by atoms with E-state index in [-0.39, 0.29) is 18.3 Å². The highest BCUT2D eigenvalue weighted by Crippen LogP contribution is 2.16. The van der Waals surface area contributed by atoms with Crippen LogP contribution in [0.5, 0.6) is 0 Å². The number of amides is 1. The molecule has 1 heterocycles. The number of rotatable bonds is 7. The molecule has 0 aromatic carbocycles. The predicted molar refractivity (Wildman–Crippen MR) is 74.0 cm³/mol. The molecule has 1 aromatic rings. The number of thiazole rings is 1. The van der Waals surface area contributed by atoms with E-state index in [1.54, 1.807) is 12.3 Å². The van der Waals surface area contributed by atoms with Crippen LogP contribution in [0.4, 0.5) is 5.13 Å². The molecule has 1 rings (SSSR count). The number of hydrogen-bond acceptors (Lipinski definition) is 6. The van der Waals surface area contributed by atoms with Crippen LogP contribution in [0.2, 0.25) is 0 Å². The van der Waals surface area contributed by atoms with Crippen LogP contribution in [-0.2, 0) is 20.7 Å². The lowest BCUT2D eigenvalue weighted by molar-refractivity contribution is -0.142. The Labute approximate surface area is 116 Å². The Balaban J connectivity index is 2.50. The zero-order valence-corrected chi connectivity index (χ0v) is 12.0. The molecular formula is C12H19N3O3S. The fourth-order valence-electron chi connectivity index (χ4n) is 1.45. The van der Waals surface area contributed by atoms with Crippen LogP contribution in [0, 0.1) is 0 Å². The number of ether oxygens (including phenoxy) is 1. The van der Waals surface area contributed by atoms with Crippen molar-refractivity contribution in [3.8, 4) is 0 Å². The number of carbonyl (C=O) groups excluding carboxylic acids is 2. The lowest BCUT2D eigenvalue weighted by Gasteiger charge is -2.08. The molecule has 0 saturated carbocycles. The summed E-state index contributed by atoms with van der Waals surface area (Å²) in [5.74, 6) is -0.577. The van der Waals surface area contributed by atoms with Crippen LogP contribution >= 0.6 is 11.3 Å². The fraction of sp³-hybridized carbons (Fsp3) is 0.583. The molecule has 0 radical (unpaired) electrons. The third kappa shape index (κ3) is 5.35. The molecule has 1 amide bonds. The van der Waals surface area contributed by atoms with E-state index < -0.39 is 6.04 Å². The Morgan fingerprint density at radius 3 is 2.89 bits per heavy atom. The van der Waals surface area contributed by atoms with Gasteiger partial charge in [0.1, 0.15) is 0 Å². The summed E-state index contributed by atoms with van der Waals surface area (Å²) < 4.78 is 4.82. The van der Waals surface area contributed by atoms with Gasteiger partial charge in [-0.25, -0.2) is 4.98 Å². The number of nitrogens with zero attached hydrogens (tertiary/aromatic N) is 1. The number of nitrogens with one attached hydrogen (secondary N) is 1. The number of aromatic nitrogens is 1. The van der Waals surface area contributed by atoms with Crippen molar-refractivity contribution in [2.75, 3.05) is 11.9 Å².